The van der Waals surface area contributed by atoms with Gasteiger partial charge in [-0.1, -0.05) is 30.3 Å². The van der Waals surface area contributed by atoms with Crippen molar-refractivity contribution < 1.29 is 13.2 Å². The first-order valence-electron chi connectivity index (χ1n) is 7.53. The molecule has 0 aromatic heterocycles. The highest BCUT2D eigenvalue weighted by Gasteiger charge is 2.14. The molecule has 0 fully saturated rings. The maximum Gasteiger partial charge on any atom is 0.175 e. The van der Waals surface area contributed by atoms with Gasteiger partial charge in [0.15, 0.2) is 9.84 Å². The van der Waals surface area contributed by atoms with Gasteiger partial charge >= 0.3 is 0 Å². The summed E-state index contributed by atoms with van der Waals surface area (Å²) in [6.07, 6.45) is 1.99. The van der Waals surface area contributed by atoms with Crippen LogP contribution in [0.25, 0.3) is 0 Å². The number of hydrogen-bond donors (Lipinski definition) is 0. The Morgan fingerprint density at radius 2 is 1.61 bits per heavy atom. The molecule has 2 rings (SSSR count). The first-order valence-corrected chi connectivity index (χ1v) is 9.42. The van der Waals surface area contributed by atoms with Crippen LogP contribution in [0.1, 0.15) is 18.1 Å². The van der Waals surface area contributed by atoms with Crippen LogP contribution in [0.15, 0.2) is 59.5 Å². The standard InChI is InChI=1S/C18H23NO3S/c1-19(2)14-13-18(15-7-5-4-6-8-15)22-16-9-11-17(12-10-16)23(3,20)21/h4-12,18H,13-14H2,1-3H3. The van der Waals surface area contributed by atoms with Crippen LogP contribution in [-0.2, 0) is 9.84 Å². The fourth-order valence-electron chi connectivity index (χ4n) is 2.27. The van der Waals surface area contributed by atoms with Crippen LogP contribution >= 0.6 is 0 Å². The van der Waals surface area contributed by atoms with Gasteiger partial charge in [0.05, 0.1) is 4.90 Å². The van der Waals surface area contributed by atoms with Gasteiger partial charge in [0, 0.05) is 19.2 Å². The molecule has 0 aliphatic heterocycles. The summed E-state index contributed by atoms with van der Waals surface area (Å²) in [5.41, 5.74) is 1.11. The summed E-state index contributed by atoms with van der Waals surface area (Å²) in [7, 11) is 0.878. The Bertz CT molecular complexity index is 710. The van der Waals surface area contributed by atoms with Crippen LogP contribution in [0.4, 0.5) is 0 Å². The van der Waals surface area contributed by atoms with Gasteiger partial charge in [-0.2, -0.15) is 0 Å². The highest BCUT2D eigenvalue weighted by atomic mass is 32.2. The normalized spacial score (nSPS) is 13.0. The summed E-state index contributed by atoms with van der Waals surface area (Å²) in [6.45, 7) is 0.904. The van der Waals surface area contributed by atoms with Gasteiger partial charge in [0.25, 0.3) is 0 Å². The summed E-state index contributed by atoms with van der Waals surface area (Å²) in [4.78, 5) is 2.42. The predicted molar refractivity (Wildman–Crippen MR) is 92.5 cm³/mol. The summed E-state index contributed by atoms with van der Waals surface area (Å²) in [6, 6.07) is 16.6. The van der Waals surface area contributed by atoms with Crippen molar-refractivity contribution in [3.05, 3.63) is 60.2 Å². The molecule has 0 aliphatic carbocycles. The molecule has 4 nitrogen and oxygen atoms in total. The van der Waals surface area contributed by atoms with Gasteiger partial charge in [-0.25, -0.2) is 8.42 Å². The van der Waals surface area contributed by atoms with E-state index in [1.54, 1.807) is 24.3 Å². The number of ether oxygens (including phenoxy) is 1. The van der Waals surface area contributed by atoms with Crippen molar-refractivity contribution in [2.75, 3.05) is 26.9 Å². The number of nitrogens with zero attached hydrogens (tertiary/aromatic N) is 1. The maximum atomic E-state index is 11.5. The minimum atomic E-state index is -3.18. The highest BCUT2D eigenvalue weighted by Crippen LogP contribution is 2.26. The molecule has 0 spiro atoms. The Labute approximate surface area is 138 Å². The zero-order chi connectivity index (χ0) is 16.9. The van der Waals surface area contributed by atoms with Crippen molar-refractivity contribution in [2.45, 2.75) is 17.4 Å². The lowest BCUT2D eigenvalue weighted by Crippen LogP contribution is -2.18. The van der Waals surface area contributed by atoms with Gasteiger partial charge in [0.2, 0.25) is 0 Å². The molecule has 0 amide bonds. The van der Waals surface area contributed by atoms with Crippen molar-refractivity contribution in [1.82, 2.24) is 4.90 Å². The zero-order valence-corrected chi connectivity index (χ0v) is 14.6. The molecule has 0 saturated heterocycles. The average Bonchev–Trinajstić information content (AvgIpc) is 2.51. The van der Waals surface area contributed by atoms with Crippen molar-refractivity contribution in [2.24, 2.45) is 0 Å². The Balaban J connectivity index is 2.17. The summed E-state index contributed by atoms with van der Waals surface area (Å²) >= 11 is 0. The molecular weight excluding hydrogens is 310 g/mol. The second-order valence-electron chi connectivity index (χ2n) is 5.85. The van der Waals surface area contributed by atoms with Crippen molar-refractivity contribution in [1.29, 1.82) is 0 Å². The molecule has 1 atom stereocenters. The lowest BCUT2D eigenvalue weighted by Gasteiger charge is -2.21. The van der Waals surface area contributed by atoms with Gasteiger partial charge in [0.1, 0.15) is 11.9 Å². The molecule has 0 bridgehead atoms. The fraction of sp³-hybridized carbons (Fsp3) is 0.333. The molecule has 5 heteroatoms. The van der Waals surface area contributed by atoms with Gasteiger partial charge in [-0.15, -0.1) is 0 Å². The molecular formula is C18H23NO3S. The minimum absolute atomic E-state index is 0.0670. The van der Waals surface area contributed by atoms with E-state index in [9.17, 15) is 8.42 Å². The summed E-state index contributed by atoms with van der Waals surface area (Å²) in [5, 5.41) is 0. The Kier molecular flexibility index (Phi) is 5.80. The number of rotatable bonds is 7. The summed E-state index contributed by atoms with van der Waals surface area (Å²) in [5.74, 6) is 0.671. The van der Waals surface area contributed by atoms with Gasteiger partial charge < -0.3 is 9.64 Å². The van der Waals surface area contributed by atoms with E-state index in [1.807, 2.05) is 44.4 Å². The second kappa shape index (κ2) is 7.62. The number of benzene rings is 2. The topological polar surface area (TPSA) is 46.6 Å². The summed E-state index contributed by atoms with van der Waals surface area (Å²) < 4.78 is 29.1. The predicted octanol–water partition coefficient (Wildman–Crippen LogP) is 3.16. The van der Waals surface area contributed by atoms with E-state index < -0.39 is 9.84 Å². The molecule has 0 saturated carbocycles. The Morgan fingerprint density at radius 1 is 1.00 bits per heavy atom. The minimum Gasteiger partial charge on any atom is -0.486 e. The number of sulfone groups is 1. The van der Waals surface area contributed by atoms with E-state index in [1.165, 1.54) is 6.26 Å². The lowest BCUT2D eigenvalue weighted by molar-refractivity contribution is 0.179. The van der Waals surface area contributed by atoms with Crippen LogP contribution < -0.4 is 4.74 Å². The van der Waals surface area contributed by atoms with Crippen LogP contribution in [-0.4, -0.2) is 40.2 Å². The molecule has 1 unspecified atom stereocenters. The van der Waals surface area contributed by atoms with Crippen LogP contribution in [0, 0.1) is 0 Å². The molecule has 124 valence electrons. The van der Waals surface area contributed by atoms with E-state index in [4.69, 9.17) is 4.74 Å². The fourth-order valence-corrected chi connectivity index (χ4v) is 2.90. The molecule has 0 radical (unpaired) electrons. The average molecular weight is 333 g/mol. The third kappa shape index (κ3) is 5.37. The van der Waals surface area contributed by atoms with Crippen molar-refractivity contribution >= 4 is 9.84 Å². The lowest BCUT2D eigenvalue weighted by atomic mass is 10.1. The molecule has 0 aliphatic rings. The molecule has 2 aromatic rings. The van der Waals surface area contributed by atoms with Crippen LogP contribution in [0.3, 0.4) is 0 Å². The van der Waals surface area contributed by atoms with Crippen molar-refractivity contribution in [3.63, 3.8) is 0 Å². The van der Waals surface area contributed by atoms with E-state index in [2.05, 4.69) is 4.90 Å². The van der Waals surface area contributed by atoms with E-state index >= 15 is 0 Å². The van der Waals surface area contributed by atoms with Gasteiger partial charge in [-0.3, -0.25) is 0 Å². The third-order valence-electron chi connectivity index (χ3n) is 3.54. The maximum absolute atomic E-state index is 11.5. The molecule has 2 aromatic carbocycles. The first kappa shape index (κ1) is 17.5. The molecule has 23 heavy (non-hydrogen) atoms. The Morgan fingerprint density at radius 3 is 2.13 bits per heavy atom. The van der Waals surface area contributed by atoms with Crippen molar-refractivity contribution in [3.8, 4) is 5.75 Å². The third-order valence-corrected chi connectivity index (χ3v) is 4.67. The first-order chi connectivity index (χ1) is 10.9. The van der Waals surface area contributed by atoms with E-state index in [0.29, 0.717) is 10.6 Å². The van der Waals surface area contributed by atoms with Crippen LogP contribution in [0.5, 0.6) is 5.75 Å². The monoisotopic (exact) mass is 333 g/mol. The van der Waals surface area contributed by atoms with Crippen LogP contribution in [0.2, 0.25) is 0 Å². The quantitative estimate of drug-likeness (QED) is 0.781. The number of hydrogen-bond acceptors (Lipinski definition) is 4. The smallest absolute Gasteiger partial charge is 0.175 e. The molecule has 0 heterocycles. The second-order valence-corrected chi connectivity index (χ2v) is 7.87. The highest BCUT2D eigenvalue weighted by molar-refractivity contribution is 7.90. The largest absolute Gasteiger partial charge is 0.486 e. The van der Waals surface area contributed by atoms with E-state index in [-0.39, 0.29) is 6.10 Å². The molecule has 0 N–H and O–H groups in total. The van der Waals surface area contributed by atoms with Gasteiger partial charge in [-0.05, 0) is 43.9 Å². The zero-order valence-electron chi connectivity index (χ0n) is 13.8. The SMILES string of the molecule is CN(C)CCC(Oc1ccc(S(C)(=O)=O)cc1)c1ccccc1. The Hall–Kier alpha value is -1.85. The van der Waals surface area contributed by atoms with E-state index in [0.717, 1.165) is 18.5 Å².